The molecule has 3 aromatic rings. The van der Waals surface area contributed by atoms with Crippen LogP contribution in [0, 0.1) is 18.3 Å². The molecule has 0 radical (unpaired) electrons. The summed E-state index contributed by atoms with van der Waals surface area (Å²) in [6, 6.07) is 12.5. The number of carbonyl (C=O) groups is 1. The lowest BCUT2D eigenvalue weighted by Gasteiger charge is -2.33. The van der Waals surface area contributed by atoms with Crippen LogP contribution in [0.5, 0.6) is 0 Å². The molecule has 0 aliphatic carbocycles. The van der Waals surface area contributed by atoms with Crippen molar-refractivity contribution in [3.05, 3.63) is 88.2 Å². The molecule has 0 atom stereocenters. The number of rotatable bonds is 7. The Labute approximate surface area is 233 Å². The third-order valence-corrected chi connectivity index (χ3v) is 6.89. The van der Waals surface area contributed by atoms with E-state index >= 15 is 0 Å². The van der Waals surface area contributed by atoms with E-state index in [2.05, 4.69) is 26.2 Å². The number of nitrogens with zero attached hydrogens (tertiary/aromatic N) is 4. The van der Waals surface area contributed by atoms with Gasteiger partial charge >= 0.3 is 12.4 Å². The minimum atomic E-state index is -4.99. The van der Waals surface area contributed by atoms with Crippen molar-refractivity contribution in [3.63, 3.8) is 0 Å². The average molecular weight is 576 g/mol. The van der Waals surface area contributed by atoms with Gasteiger partial charge in [0.1, 0.15) is 0 Å². The fraction of sp³-hybridized carbons (Fsp3) is 0.345. The molecule has 1 aromatic heterocycles. The minimum absolute atomic E-state index is 0.0492. The first-order valence-electron chi connectivity index (χ1n) is 12.8. The van der Waals surface area contributed by atoms with E-state index < -0.39 is 35.9 Å². The third kappa shape index (κ3) is 7.62. The lowest BCUT2D eigenvalue weighted by atomic mass is 9.96. The van der Waals surface area contributed by atoms with Crippen LogP contribution < -0.4 is 5.32 Å². The second-order valence-corrected chi connectivity index (χ2v) is 9.84. The Morgan fingerprint density at radius 3 is 2.12 bits per heavy atom. The quantitative estimate of drug-likeness (QED) is 0.291. The van der Waals surface area contributed by atoms with Crippen LogP contribution in [0.2, 0.25) is 0 Å². The molecule has 1 N–H and O–H groups in total. The van der Waals surface area contributed by atoms with Crippen molar-refractivity contribution < 1.29 is 31.1 Å². The number of alkyl halides is 6. The summed E-state index contributed by atoms with van der Waals surface area (Å²) >= 11 is 0. The number of carbonyl (C=O) groups excluding carboxylic acids is 1. The standard InChI is InChI=1S/C29H27F6N5O/c1-19-4-2-3-5-24(19)25-15-23(18-40-10-8-39(7-6-36)9-11-40)37-17-26(25)27(41)38-16-20-12-21(28(30,31)32)14-22(13-20)29(33,34)35/h2-5,12-15,17H,7-11,16,18H2,1H3,(H,38,41). The maximum Gasteiger partial charge on any atom is 0.416 e. The maximum atomic E-state index is 13.3. The summed E-state index contributed by atoms with van der Waals surface area (Å²) in [5, 5.41) is 11.4. The van der Waals surface area contributed by atoms with Crippen molar-refractivity contribution >= 4 is 5.91 Å². The largest absolute Gasteiger partial charge is 0.416 e. The zero-order valence-electron chi connectivity index (χ0n) is 22.1. The lowest BCUT2D eigenvalue weighted by Crippen LogP contribution is -2.45. The Hall–Kier alpha value is -3.95. The van der Waals surface area contributed by atoms with Crippen LogP contribution in [0.1, 0.15) is 38.3 Å². The van der Waals surface area contributed by atoms with E-state index in [9.17, 15) is 31.1 Å². The number of benzene rings is 2. The highest BCUT2D eigenvalue weighted by atomic mass is 19.4. The minimum Gasteiger partial charge on any atom is -0.348 e. The molecule has 12 heteroatoms. The topological polar surface area (TPSA) is 72.3 Å². The Morgan fingerprint density at radius 1 is 0.927 bits per heavy atom. The first-order valence-corrected chi connectivity index (χ1v) is 12.8. The molecule has 2 heterocycles. The van der Waals surface area contributed by atoms with Gasteiger partial charge < -0.3 is 5.32 Å². The summed E-state index contributed by atoms with van der Waals surface area (Å²) in [4.78, 5) is 21.9. The van der Waals surface area contributed by atoms with Gasteiger partial charge in [0, 0.05) is 45.5 Å². The highest BCUT2D eigenvalue weighted by molar-refractivity contribution is 6.01. The normalized spacial score (nSPS) is 15.0. The second-order valence-electron chi connectivity index (χ2n) is 9.84. The molecule has 1 aliphatic rings. The SMILES string of the molecule is Cc1ccccc1-c1cc(CN2CCN(CC#N)CC2)ncc1C(=O)NCc1cc(C(F)(F)F)cc(C(F)(F)F)c1. The predicted molar refractivity (Wildman–Crippen MR) is 139 cm³/mol. The summed E-state index contributed by atoms with van der Waals surface area (Å²) in [6.45, 7) is 5.15. The molecule has 0 spiro atoms. The van der Waals surface area contributed by atoms with Crippen LogP contribution in [0.3, 0.4) is 0 Å². The lowest BCUT2D eigenvalue weighted by molar-refractivity contribution is -0.143. The van der Waals surface area contributed by atoms with E-state index in [0.717, 1.165) is 37.3 Å². The number of pyridine rings is 1. The van der Waals surface area contributed by atoms with Crippen molar-refractivity contribution in [2.75, 3.05) is 32.7 Å². The van der Waals surface area contributed by atoms with Crippen molar-refractivity contribution in [2.24, 2.45) is 0 Å². The summed E-state index contributed by atoms with van der Waals surface area (Å²) in [5.41, 5.74) is -0.221. The van der Waals surface area contributed by atoms with Gasteiger partial charge in [0.2, 0.25) is 0 Å². The third-order valence-electron chi connectivity index (χ3n) is 6.89. The number of aromatic nitrogens is 1. The zero-order valence-corrected chi connectivity index (χ0v) is 22.1. The van der Waals surface area contributed by atoms with E-state index in [1.807, 2.05) is 25.1 Å². The van der Waals surface area contributed by atoms with Gasteiger partial charge in [0.05, 0.1) is 35.0 Å². The molecule has 1 aliphatic heterocycles. The van der Waals surface area contributed by atoms with Crippen molar-refractivity contribution in [3.8, 4) is 17.2 Å². The predicted octanol–water partition coefficient (Wildman–Crippen LogP) is 5.67. The smallest absolute Gasteiger partial charge is 0.348 e. The number of halogens is 6. The number of hydrogen-bond acceptors (Lipinski definition) is 5. The van der Waals surface area contributed by atoms with Crippen LogP contribution in [0.15, 0.2) is 54.7 Å². The van der Waals surface area contributed by atoms with E-state index in [1.54, 1.807) is 12.1 Å². The summed E-state index contributed by atoms with van der Waals surface area (Å²) in [7, 11) is 0. The van der Waals surface area contributed by atoms with Gasteiger partial charge in [-0.05, 0) is 53.4 Å². The van der Waals surface area contributed by atoms with Gasteiger partial charge in [0.25, 0.3) is 5.91 Å². The molecule has 1 amide bonds. The highest BCUT2D eigenvalue weighted by Crippen LogP contribution is 2.36. The molecule has 6 nitrogen and oxygen atoms in total. The average Bonchev–Trinajstić information content (AvgIpc) is 2.92. The molecule has 216 valence electrons. The van der Waals surface area contributed by atoms with Gasteiger partial charge in [-0.3, -0.25) is 19.6 Å². The number of amides is 1. The summed E-state index contributed by atoms with van der Waals surface area (Å²) in [5.74, 6) is -0.682. The molecule has 0 bridgehead atoms. The molecule has 4 rings (SSSR count). The molecular weight excluding hydrogens is 548 g/mol. The molecule has 1 saturated heterocycles. The van der Waals surface area contributed by atoms with Crippen LogP contribution >= 0.6 is 0 Å². The van der Waals surface area contributed by atoms with Gasteiger partial charge in [-0.25, -0.2) is 0 Å². The zero-order chi connectivity index (χ0) is 29.8. The molecule has 2 aromatic carbocycles. The number of hydrogen-bond donors (Lipinski definition) is 1. The molecule has 0 saturated carbocycles. The Morgan fingerprint density at radius 2 is 1.54 bits per heavy atom. The first kappa shape index (κ1) is 30.0. The second kappa shape index (κ2) is 12.3. The van der Waals surface area contributed by atoms with Crippen molar-refractivity contribution in [1.29, 1.82) is 5.26 Å². The first-order chi connectivity index (χ1) is 19.3. The van der Waals surface area contributed by atoms with Crippen LogP contribution in [-0.2, 0) is 25.4 Å². The molecule has 41 heavy (non-hydrogen) atoms. The highest BCUT2D eigenvalue weighted by Gasteiger charge is 2.37. The maximum absolute atomic E-state index is 13.3. The van der Waals surface area contributed by atoms with Crippen LogP contribution in [0.4, 0.5) is 26.3 Å². The monoisotopic (exact) mass is 575 g/mol. The van der Waals surface area contributed by atoms with E-state index in [1.165, 1.54) is 6.20 Å². The van der Waals surface area contributed by atoms with E-state index in [4.69, 9.17) is 5.26 Å². The van der Waals surface area contributed by atoms with Crippen LogP contribution in [0.25, 0.3) is 11.1 Å². The van der Waals surface area contributed by atoms with Gasteiger partial charge in [0.15, 0.2) is 0 Å². The number of aryl methyl sites for hydroxylation is 1. The summed E-state index contributed by atoms with van der Waals surface area (Å²) in [6.07, 6.45) is -8.59. The van der Waals surface area contributed by atoms with E-state index in [-0.39, 0.29) is 17.2 Å². The number of nitriles is 1. The van der Waals surface area contributed by atoms with Crippen LogP contribution in [-0.4, -0.2) is 53.4 Å². The Bertz CT molecular complexity index is 1410. The fourth-order valence-corrected chi connectivity index (χ4v) is 4.70. The van der Waals surface area contributed by atoms with Gasteiger partial charge in [-0.1, -0.05) is 24.3 Å². The fourth-order valence-electron chi connectivity index (χ4n) is 4.70. The van der Waals surface area contributed by atoms with Crippen molar-refractivity contribution in [2.45, 2.75) is 32.4 Å². The Kier molecular flexibility index (Phi) is 8.99. The van der Waals surface area contributed by atoms with Crippen molar-refractivity contribution in [1.82, 2.24) is 20.1 Å². The van der Waals surface area contributed by atoms with Gasteiger partial charge in [-0.2, -0.15) is 31.6 Å². The molecule has 0 unspecified atom stereocenters. The molecular formula is C29H27F6N5O. The number of piperazine rings is 1. The van der Waals surface area contributed by atoms with E-state index in [0.29, 0.717) is 36.5 Å². The Balaban J connectivity index is 1.59. The molecule has 1 fully saturated rings. The van der Waals surface area contributed by atoms with Gasteiger partial charge in [-0.15, -0.1) is 0 Å². The summed E-state index contributed by atoms with van der Waals surface area (Å²) < 4.78 is 79.5. The number of nitrogens with one attached hydrogen (secondary N) is 1.